The second-order valence-corrected chi connectivity index (χ2v) is 7.56. The van der Waals surface area contributed by atoms with Crippen molar-refractivity contribution in [2.75, 3.05) is 5.32 Å². The van der Waals surface area contributed by atoms with Crippen LogP contribution < -0.4 is 5.32 Å². The van der Waals surface area contributed by atoms with Crippen LogP contribution in [0.4, 0.5) is 5.69 Å². The van der Waals surface area contributed by atoms with Crippen LogP contribution in [0.2, 0.25) is 0 Å². The summed E-state index contributed by atoms with van der Waals surface area (Å²) in [5.41, 5.74) is 3.29. The third kappa shape index (κ3) is 3.69. The lowest BCUT2D eigenvalue weighted by molar-refractivity contribution is 0.0996. The first-order chi connectivity index (χ1) is 13.9. The zero-order valence-electron chi connectivity index (χ0n) is 15.8. The normalized spacial score (nSPS) is 10.9. The minimum atomic E-state index is -0.367. The van der Waals surface area contributed by atoms with Gasteiger partial charge in [0.05, 0.1) is 23.1 Å². The van der Waals surface area contributed by atoms with Gasteiger partial charge < -0.3 is 5.32 Å². The molecule has 6 nitrogen and oxygen atoms in total. The van der Waals surface area contributed by atoms with Crippen LogP contribution in [0.15, 0.2) is 65.3 Å². The van der Waals surface area contributed by atoms with E-state index < -0.39 is 0 Å². The monoisotopic (exact) mass is 448 g/mol. The summed E-state index contributed by atoms with van der Waals surface area (Å²) in [5.74, 6) is -0.575. The van der Waals surface area contributed by atoms with Gasteiger partial charge in [-0.05, 0) is 43.3 Å². The Morgan fingerprint density at radius 2 is 1.72 bits per heavy atom. The van der Waals surface area contributed by atoms with Crippen LogP contribution in [0.1, 0.15) is 32.0 Å². The molecule has 2 aromatic carbocycles. The Morgan fingerprint density at radius 3 is 2.45 bits per heavy atom. The highest BCUT2D eigenvalue weighted by Crippen LogP contribution is 2.21. The van der Waals surface area contributed by atoms with Gasteiger partial charge in [0, 0.05) is 28.0 Å². The average Bonchev–Trinajstić information content (AvgIpc) is 3.01. The number of nitrogens with one attached hydrogen (secondary N) is 1. The zero-order valence-corrected chi connectivity index (χ0v) is 17.4. The number of hydrogen-bond donors (Lipinski definition) is 1. The number of rotatable bonds is 4. The number of ketones is 1. The maximum Gasteiger partial charge on any atom is 0.256 e. The highest BCUT2D eigenvalue weighted by Gasteiger charge is 2.18. The summed E-state index contributed by atoms with van der Waals surface area (Å²) in [6.07, 6.45) is 1.58. The van der Waals surface area contributed by atoms with E-state index in [0.29, 0.717) is 22.4 Å². The molecule has 4 rings (SSSR count). The Labute approximate surface area is 175 Å². The Bertz CT molecular complexity index is 1250. The van der Waals surface area contributed by atoms with Crippen molar-refractivity contribution in [1.29, 1.82) is 0 Å². The zero-order chi connectivity index (χ0) is 20.5. The Kier molecular flexibility index (Phi) is 4.98. The highest BCUT2D eigenvalue weighted by molar-refractivity contribution is 9.10. The molecule has 0 aliphatic heterocycles. The third-order valence-corrected chi connectivity index (χ3v) is 5.17. The summed E-state index contributed by atoms with van der Waals surface area (Å²) in [5, 5.41) is 8.05. The van der Waals surface area contributed by atoms with Gasteiger partial charge in [-0.2, -0.15) is 5.10 Å². The Hall–Kier alpha value is -3.32. The van der Waals surface area contributed by atoms with Gasteiger partial charge in [0.25, 0.3) is 5.91 Å². The predicted molar refractivity (Wildman–Crippen MR) is 115 cm³/mol. The van der Waals surface area contributed by atoms with Crippen LogP contribution in [0.3, 0.4) is 0 Å². The molecule has 1 amide bonds. The first-order valence-corrected chi connectivity index (χ1v) is 9.73. The first kappa shape index (κ1) is 19.0. The molecule has 0 radical (unpaired) electrons. The molecule has 0 atom stereocenters. The summed E-state index contributed by atoms with van der Waals surface area (Å²) >= 11 is 3.36. The van der Waals surface area contributed by atoms with E-state index in [0.717, 1.165) is 21.2 Å². The largest absolute Gasteiger partial charge is 0.321 e. The van der Waals surface area contributed by atoms with Crippen molar-refractivity contribution in [3.63, 3.8) is 0 Å². The molecular formula is C22H17BrN4O2. The summed E-state index contributed by atoms with van der Waals surface area (Å²) in [4.78, 5) is 30.2. The van der Waals surface area contributed by atoms with E-state index in [9.17, 15) is 9.59 Å². The van der Waals surface area contributed by atoms with Crippen molar-refractivity contribution in [1.82, 2.24) is 14.8 Å². The van der Waals surface area contributed by atoms with E-state index in [1.54, 1.807) is 59.4 Å². The van der Waals surface area contributed by atoms with Gasteiger partial charge >= 0.3 is 0 Å². The minimum Gasteiger partial charge on any atom is -0.321 e. The number of nitrogens with zero attached hydrogens (tertiary/aromatic N) is 3. The fourth-order valence-corrected chi connectivity index (χ4v) is 3.47. The average molecular weight is 449 g/mol. The standard InChI is InChI=1S/C22H17BrN4O2/c1-13-19-11-16(12-24-21(19)27(2)26-13)25-22(29)18-6-4-3-5-17(18)20(28)14-7-9-15(23)10-8-14/h3-12H,1-2H3,(H,25,29). The summed E-state index contributed by atoms with van der Waals surface area (Å²) < 4.78 is 2.58. The fourth-order valence-electron chi connectivity index (χ4n) is 3.21. The molecule has 0 bridgehead atoms. The number of aromatic nitrogens is 3. The molecule has 2 aromatic heterocycles. The van der Waals surface area contributed by atoms with Gasteiger partial charge in [0.15, 0.2) is 11.4 Å². The minimum absolute atomic E-state index is 0.208. The van der Waals surface area contributed by atoms with Gasteiger partial charge in [-0.15, -0.1) is 0 Å². The quantitative estimate of drug-likeness (QED) is 0.465. The number of amides is 1. The molecule has 0 aliphatic rings. The van der Waals surface area contributed by atoms with Gasteiger partial charge in [-0.3, -0.25) is 14.3 Å². The van der Waals surface area contributed by atoms with Crippen molar-refractivity contribution in [3.05, 3.63) is 87.7 Å². The molecule has 0 saturated carbocycles. The van der Waals surface area contributed by atoms with Crippen molar-refractivity contribution in [2.45, 2.75) is 6.92 Å². The molecule has 7 heteroatoms. The summed E-state index contributed by atoms with van der Waals surface area (Å²) in [6, 6.07) is 15.7. The van der Waals surface area contributed by atoms with E-state index in [1.165, 1.54) is 0 Å². The van der Waals surface area contributed by atoms with E-state index in [1.807, 2.05) is 20.0 Å². The van der Waals surface area contributed by atoms with Crippen LogP contribution in [0.25, 0.3) is 11.0 Å². The molecule has 0 fully saturated rings. The number of benzene rings is 2. The summed E-state index contributed by atoms with van der Waals surface area (Å²) in [7, 11) is 1.82. The van der Waals surface area contributed by atoms with E-state index in [-0.39, 0.29) is 11.7 Å². The van der Waals surface area contributed by atoms with Crippen LogP contribution in [-0.2, 0) is 7.05 Å². The Morgan fingerprint density at radius 1 is 1.03 bits per heavy atom. The SMILES string of the molecule is Cc1nn(C)c2ncc(NC(=O)c3ccccc3C(=O)c3ccc(Br)cc3)cc12. The van der Waals surface area contributed by atoms with Crippen LogP contribution in [-0.4, -0.2) is 26.5 Å². The third-order valence-electron chi connectivity index (χ3n) is 4.64. The number of fused-ring (bicyclic) bond motifs is 1. The molecule has 2 heterocycles. The van der Waals surface area contributed by atoms with Crippen LogP contribution in [0.5, 0.6) is 0 Å². The number of anilines is 1. The van der Waals surface area contributed by atoms with Crippen LogP contribution >= 0.6 is 15.9 Å². The van der Waals surface area contributed by atoms with E-state index >= 15 is 0 Å². The molecule has 29 heavy (non-hydrogen) atoms. The van der Waals surface area contributed by atoms with Crippen molar-refractivity contribution >= 4 is 44.3 Å². The number of carbonyl (C=O) groups is 2. The van der Waals surface area contributed by atoms with Gasteiger partial charge in [-0.25, -0.2) is 4.98 Å². The van der Waals surface area contributed by atoms with E-state index in [4.69, 9.17) is 0 Å². The van der Waals surface area contributed by atoms with E-state index in [2.05, 4.69) is 31.3 Å². The number of aryl methyl sites for hydroxylation is 2. The number of halogens is 1. The molecule has 0 spiro atoms. The van der Waals surface area contributed by atoms with Crippen LogP contribution in [0, 0.1) is 6.92 Å². The first-order valence-electron chi connectivity index (χ1n) is 8.94. The van der Waals surface area contributed by atoms with Gasteiger partial charge in [0.1, 0.15) is 0 Å². The lowest BCUT2D eigenvalue weighted by Gasteiger charge is -2.10. The molecule has 0 aliphatic carbocycles. The lowest BCUT2D eigenvalue weighted by Crippen LogP contribution is -2.17. The van der Waals surface area contributed by atoms with Crippen molar-refractivity contribution in [2.24, 2.45) is 7.05 Å². The second-order valence-electron chi connectivity index (χ2n) is 6.64. The molecule has 1 N–H and O–H groups in total. The molecule has 4 aromatic rings. The number of pyridine rings is 1. The maximum absolute atomic E-state index is 12.9. The Balaban J connectivity index is 1.65. The second kappa shape index (κ2) is 7.60. The lowest BCUT2D eigenvalue weighted by atomic mass is 9.98. The van der Waals surface area contributed by atoms with Gasteiger partial charge in [0.2, 0.25) is 0 Å². The molecular weight excluding hydrogens is 432 g/mol. The highest BCUT2D eigenvalue weighted by atomic mass is 79.9. The van der Waals surface area contributed by atoms with Crippen molar-refractivity contribution in [3.8, 4) is 0 Å². The molecule has 0 saturated heterocycles. The van der Waals surface area contributed by atoms with Gasteiger partial charge in [-0.1, -0.05) is 34.1 Å². The fraction of sp³-hybridized carbons (Fsp3) is 0.0909. The topological polar surface area (TPSA) is 76.9 Å². The number of carbonyl (C=O) groups excluding carboxylic acids is 2. The molecule has 144 valence electrons. The predicted octanol–water partition coefficient (Wildman–Crippen LogP) is 4.52. The van der Waals surface area contributed by atoms with Crippen molar-refractivity contribution < 1.29 is 9.59 Å². The maximum atomic E-state index is 12.9. The summed E-state index contributed by atoms with van der Waals surface area (Å²) in [6.45, 7) is 1.89. The molecule has 0 unspecified atom stereocenters. The smallest absolute Gasteiger partial charge is 0.256 e. The number of hydrogen-bond acceptors (Lipinski definition) is 4.